The van der Waals surface area contributed by atoms with Crippen LogP contribution in [0, 0.1) is 0 Å². The van der Waals surface area contributed by atoms with Gasteiger partial charge in [-0.1, -0.05) is 35.5 Å². The molecule has 6 heteroatoms. The highest BCUT2D eigenvalue weighted by Gasteiger charge is 2.13. The molecule has 1 N–H and O–H groups in total. The van der Waals surface area contributed by atoms with E-state index in [1.54, 1.807) is 13.0 Å². The molecule has 6 nitrogen and oxygen atoms in total. The van der Waals surface area contributed by atoms with Gasteiger partial charge in [-0.15, -0.1) is 0 Å². The summed E-state index contributed by atoms with van der Waals surface area (Å²) in [6.07, 6.45) is -0.346. The molecule has 0 saturated heterocycles. The van der Waals surface area contributed by atoms with Crippen LogP contribution in [0.1, 0.15) is 13.3 Å². The lowest BCUT2D eigenvalue weighted by Crippen LogP contribution is -2.18. The summed E-state index contributed by atoms with van der Waals surface area (Å²) in [7, 11) is 0. The fraction of sp³-hybridized carbons (Fsp3) is 0.214. The molecule has 0 aliphatic heterocycles. The fourth-order valence-electron chi connectivity index (χ4n) is 1.60. The molecule has 0 aliphatic rings. The van der Waals surface area contributed by atoms with Crippen molar-refractivity contribution >= 4 is 17.7 Å². The third-order valence-corrected chi connectivity index (χ3v) is 2.45. The van der Waals surface area contributed by atoms with Crippen LogP contribution in [0.4, 0.5) is 5.82 Å². The summed E-state index contributed by atoms with van der Waals surface area (Å²) in [5.41, 5.74) is 0.853. The van der Waals surface area contributed by atoms with Crippen molar-refractivity contribution < 1.29 is 18.8 Å². The largest absolute Gasteiger partial charge is 0.466 e. The summed E-state index contributed by atoms with van der Waals surface area (Å²) < 4.78 is 9.80. The zero-order valence-electron chi connectivity index (χ0n) is 11.0. The number of hydrogen-bond donors (Lipinski definition) is 1. The Balaban J connectivity index is 1.96. The maximum Gasteiger partial charge on any atom is 0.315 e. The predicted molar refractivity (Wildman–Crippen MR) is 71.8 cm³/mol. The first-order valence-electron chi connectivity index (χ1n) is 6.16. The number of nitrogens with one attached hydrogen (secondary N) is 1. The topological polar surface area (TPSA) is 81.4 Å². The normalized spacial score (nSPS) is 10.1. The van der Waals surface area contributed by atoms with Crippen molar-refractivity contribution in [1.29, 1.82) is 0 Å². The van der Waals surface area contributed by atoms with Crippen LogP contribution in [0.25, 0.3) is 11.3 Å². The molecule has 0 unspecified atom stereocenters. The molecule has 0 atom stereocenters. The van der Waals surface area contributed by atoms with Crippen molar-refractivity contribution in [3.05, 3.63) is 36.4 Å². The number of nitrogens with zero attached hydrogens (tertiary/aromatic N) is 1. The molecule has 1 amide bonds. The zero-order chi connectivity index (χ0) is 14.4. The van der Waals surface area contributed by atoms with E-state index in [2.05, 4.69) is 15.2 Å². The first-order chi connectivity index (χ1) is 9.69. The van der Waals surface area contributed by atoms with Crippen LogP contribution in [0.3, 0.4) is 0 Å². The Bertz CT molecular complexity index is 592. The van der Waals surface area contributed by atoms with Gasteiger partial charge in [0.1, 0.15) is 6.42 Å². The second kappa shape index (κ2) is 6.51. The lowest BCUT2D eigenvalue weighted by molar-refractivity contribution is -0.145. The lowest BCUT2D eigenvalue weighted by atomic mass is 10.2. The van der Waals surface area contributed by atoms with E-state index in [0.29, 0.717) is 5.76 Å². The Morgan fingerprint density at radius 3 is 2.75 bits per heavy atom. The molecular weight excluding hydrogens is 260 g/mol. The quantitative estimate of drug-likeness (QED) is 0.668. The number of esters is 1. The molecule has 0 radical (unpaired) electrons. The average molecular weight is 274 g/mol. The number of rotatable bonds is 5. The van der Waals surface area contributed by atoms with Crippen LogP contribution >= 0.6 is 0 Å². The van der Waals surface area contributed by atoms with Crippen LogP contribution in [0.2, 0.25) is 0 Å². The van der Waals surface area contributed by atoms with Crippen LogP contribution in [0.15, 0.2) is 40.9 Å². The minimum absolute atomic E-state index is 0.244. The molecule has 2 rings (SSSR count). The number of amides is 1. The summed E-state index contributed by atoms with van der Waals surface area (Å²) in [5.74, 6) is -0.261. The van der Waals surface area contributed by atoms with Gasteiger partial charge in [-0.3, -0.25) is 9.59 Å². The molecule has 1 aromatic heterocycles. The van der Waals surface area contributed by atoms with Crippen LogP contribution < -0.4 is 5.32 Å². The lowest BCUT2D eigenvalue weighted by Gasteiger charge is -2.01. The van der Waals surface area contributed by atoms with Gasteiger partial charge in [0.15, 0.2) is 11.6 Å². The smallest absolute Gasteiger partial charge is 0.315 e. The molecule has 0 saturated carbocycles. The number of benzene rings is 1. The number of aromatic nitrogens is 1. The summed E-state index contributed by atoms with van der Waals surface area (Å²) in [4.78, 5) is 22.7. The number of anilines is 1. The van der Waals surface area contributed by atoms with Gasteiger partial charge in [-0.05, 0) is 6.92 Å². The Labute approximate surface area is 115 Å². The molecule has 0 aliphatic carbocycles. The van der Waals surface area contributed by atoms with Crippen molar-refractivity contribution in [1.82, 2.24) is 5.16 Å². The van der Waals surface area contributed by atoms with Crippen molar-refractivity contribution in [2.24, 2.45) is 0 Å². The number of carbonyl (C=O) groups excluding carboxylic acids is 2. The monoisotopic (exact) mass is 274 g/mol. The van der Waals surface area contributed by atoms with Gasteiger partial charge >= 0.3 is 5.97 Å². The summed E-state index contributed by atoms with van der Waals surface area (Å²) >= 11 is 0. The van der Waals surface area contributed by atoms with Crippen molar-refractivity contribution in [3.8, 4) is 11.3 Å². The average Bonchev–Trinajstić information content (AvgIpc) is 2.88. The highest BCUT2D eigenvalue weighted by molar-refractivity contribution is 6.01. The highest BCUT2D eigenvalue weighted by Crippen LogP contribution is 2.21. The first-order valence-corrected chi connectivity index (χ1v) is 6.16. The number of hydrogen-bond acceptors (Lipinski definition) is 5. The molecule has 0 fully saturated rings. The third-order valence-electron chi connectivity index (χ3n) is 2.45. The van der Waals surface area contributed by atoms with Crippen LogP contribution in [-0.4, -0.2) is 23.6 Å². The maximum absolute atomic E-state index is 11.5. The van der Waals surface area contributed by atoms with E-state index in [1.807, 2.05) is 30.3 Å². The van der Waals surface area contributed by atoms with Gasteiger partial charge in [0.05, 0.1) is 6.61 Å². The van der Waals surface area contributed by atoms with Gasteiger partial charge < -0.3 is 14.6 Å². The van der Waals surface area contributed by atoms with Gasteiger partial charge in [-0.2, -0.15) is 0 Å². The van der Waals surface area contributed by atoms with E-state index < -0.39 is 11.9 Å². The predicted octanol–water partition coefficient (Wildman–Crippen LogP) is 2.23. The Kier molecular flexibility index (Phi) is 4.49. The molecule has 1 heterocycles. The van der Waals surface area contributed by atoms with Crippen molar-refractivity contribution in [2.45, 2.75) is 13.3 Å². The van der Waals surface area contributed by atoms with Gasteiger partial charge in [-0.25, -0.2) is 0 Å². The van der Waals surface area contributed by atoms with Crippen molar-refractivity contribution in [3.63, 3.8) is 0 Å². The van der Waals surface area contributed by atoms with Gasteiger partial charge in [0.2, 0.25) is 5.91 Å². The van der Waals surface area contributed by atoms with E-state index in [1.165, 1.54) is 0 Å². The van der Waals surface area contributed by atoms with Gasteiger partial charge in [0.25, 0.3) is 0 Å². The summed E-state index contributed by atoms with van der Waals surface area (Å²) in [6.45, 7) is 1.92. The zero-order valence-corrected chi connectivity index (χ0v) is 11.0. The molecule has 20 heavy (non-hydrogen) atoms. The molecule has 104 valence electrons. The number of ether oxygens (including phenoxy) is 1. The molecular formula is C14H14N2O4. The maximum atomic E-state index is 11.5. The minimum atomic E-state index is -0.572. The Hall–Kier alpha value is -2.63. The third kappa shape index (κ3) is 3.68. The minimum Gasteiger partial charge on any atom is -0.466 e. The van der Waals surface area contributed by atoms with E-state index >= 15 is 0 Å². The summed E-state index contributed by atoms with van der Waals surface area (Å²) in [5, 5.41) is 6.20. The van der Waals surface area contributed by atoms with Gasteiger partial charge in [0, 0.05) is 11.6 Å². The molecule has 0 bridgehead atoms. The number of carbonyl (C=O) groups is 2. The second-order valence-corrected chi connectivity index (χ2v) is 3.97. The van der Waals surface area contributed by atoms with Crippen LogP contribution in [-0.2, 0) is 14.3 Å². The molecule has 1 aromatic carbocycles. The summed E-state index contributed by atoms with van der Waals surface area (Å²) in [6, 6.07) is 11.0. The van der Waals surface area contributed by atoms with E-state index in [4.69, 9.17) is 4.52 Å². The van der Waals surface area contributed by atoms with E-state index in [9.17, 15) is 9.59 Å². The molecule has 0 spiro atoms. The molecule has 2 aromatic rings. The second-order valence-electron chi connectivity index (χ2n) is 3.97. The van der Waals surface area contributed by atoms with Crippen molar-refractivity contribution in [2.75, 3.05) is 11.9 Å². The first kappa shape index (κ1) is 13.8. The van der Waals surface area contributed by atoms with E-state index in [-0.39, 0.29) is 18.8 Å². The standard InChI is InChI=1S/C14H14N2O4/c1-2-19-14(18)9-13(17)15-12-8-11(20-16-12)10-6-4-3-5-7-10/h3-8H,2,9H2,1H3,(H,15,16,17). The highest BCUT2D eigenvalue weighted by atomic mass is 16.5. The fourth-order valence-corrected chi connectivity index (χ4v) is 1.60. The Morgan fingerprint density at radius 1 is 1.30 bits per heavy atom. The van der Waals surface area contributed by atoms with E-state index in [0.717, 1.165) is 5.56 Å². The van der Waals surface area contributed by atoms with Crippen LogP contribution in [0.5, 0.6) is 0 Å². The SMILES string of the molecule is CCOC(=O)CC(=O)Nc1cc(-c2ccccc2)on1. The Morgan fingerprint density at radius 2 is 2.05 bits per heavy atom.